The first-order valence-corrected chi connectivity index (χ1v) is 15.0. The number of hydrogen-bond acceptors (Lipinski definition) is 7. The summed E-state index contributed by atoms with van der Waals surface area (Å²) in [6, 6.07) is 5.82. The summed E-state index contributed by atoms with van der Waals surface area (Å²) < 4.78 is 0. The van der Waals surface area contributed by atoms with Gasteiger partial charge >= 0.3 is 5.97 Å². The Balaban J connectivity index is 1.64. The normalized spacial score (nSPS) is 18.5. The minimum atomic E-state index is -0.894. The molecular formula is C30H42N4O6S. The molecule has 0 radical (unpaired) electrons. The molecule has 1 aliphatic rings. The maximum atomic E-state index is 13.7. The van der Waals surface area contributed by atoms with Crippen molar-refractivity contribution in [1.29, 1.82) is 0 Å². The first kappa shape index (κ1) is 32.2. The Morgan fingerprint density at radius 1 is 1.07 bits per heavy atom. The number of rotatable bonds is 12. The number of β-amino-alcohol motifs (C(OH)–C–C–N with tert-alkyl or cyclic N) is 1. The molecule has 0 spiro atoms. The third-order valence-corrected chi connectivity index (χ3v) is 8.33. The monoisotopic (exact) mass is 586 g/mol. The fourth-order valence-electron chi connectivity index (χ4n) is 4.99. The fraction of sp³-hybridized carbons (Fsp3) is 0.567. The number of thiazole rings is 1. The standard InChI is InChI=1S/C30H42N4O6S/c1-18(20-11-13-21(14-12-20)26-19(2)31-17-41-26)32-28(39)23-15-22(35)16-34(23)29(40)27(30(3,4)5)33-24(36)9-7-6-8-10-25(37)38/h11-14,17-18,22-23,27,35H,6-10,15-16H2,1-5H3,(H,32,39)(H,33,36)(H,37,38)/t18-,22+,23-,27?/m0/s1. The lowest BCUT2D eigenvalue weighted by Gasteiger charge is -2.35. The largest absolute Gasteiger partial charge is 0.481 e. The van der Waals surface area contributed by atoms with Crippen molar-refractivity contribution in [2.75, 3.05) is 6.54 Å². The molecule has 3 amide bonds. The molecule has 11 heteroatoms. The molecule has 1 unspecified atom stereocenters. The van der Waals surface area contributed by atoms with Gasteiger partial charge in [0.15, 0.2) is 0 Å². The number of amides is 3. The third-order valence-electron chi connectivity index (χ3n) is 7.35. The number of aliphatic carboxylic acids is 1. The number of carboxylic acid groups (broad SMARTS) is 1. The van der Waals surface area contributed by atoms with E-state index in [0.717, 1.165) is 21.7 Å². The summed E-state index contributed by atoms with van der Waals surface area (Å²) in [7, 11) is 0. The second kappa shape index (κ2) is 14.0. The van der Waals surface area contributed by atoms with Crippen LogP contribution in [0.3, 0.4) is 0 Å². The molecule has 1 saturated heterocycles. The van der Waals surface area contributed by atoms with Gasteiger partial charge in [0.05, 0.1) is 28.2 Å². The van der Waals surface area contributed by atoms with Crippen molar-refractivity contribution in [2.24, 2.45) is 5.41 Å². The van der Waals surface area contributed by atoms with E-state index in [1.54, 1.807) is 11.3 Å². The zero-order chi connectivity index (χ0) is 30.3. The lowest BCUT2D eigenvalue weighted by atomic mass is 9.85. The molecule has 2 heterocycles. The zero-order valence-electron chi connectivity index (χ0n) is 24.5. The lowest BCUT2D eigenvalue weighted by molar-refractivity contribution is -0.144. The molecule has 2 aromatic rings. The van der Waals surface area contributed by atoms with Crippen LogP contribution < -0.4 is 10.6 Å². The fourth-order valence-corrected chi connectivity index (χ4v) is 5.80. The second-order valence-corrected chi connectivity index (χ2v) is 12.7. The molecule has 41 heavy (non-hydrogen) atoms. The number of likely N-dealkylation sites (tertiary alicyclic amines) is 1. The van der Waals surface area contributed by atoms with E-state index in [1.165, 1.54) is 4.90 Å². The van der Waals surface area contributed by atoms with E-state index in [-0.39, 0.29) is 43.7 Å². The summed E-state index contributed by atoms with van der Waals surface area (Å²) in [4.78, 5) is 57.2. The Kier molecular flexibility index (Phi) is 11.0. The molecule has 4 N–H and O–H groups in total. The van der Waals surface area contributed by atoms with Gasteiger partial charge in [-0.1, -0.05) is 51.5 Å². The quantitative estimate of drug-likeness (QED) is 0.276. The van der Waals surface area contributed by atoms with Crippen molar-refractivity contribution < 1.29 is 29.4 Å². The van der Waals surface area contributed by atoms with Crippen molar-refractivity contribution >= 4 is 35.0 Å². The van der Waals surface area contributed by atoms with Crippen LogP contribution >= 0.6 is 11.3 Å². The summed E-state index contributed by atoms with van der Waals surface area (Å²) in [5.74, 6) is -1.94. The molecule has 1 aromatic carbocycles. The minimum absolute atomic E-state index is 0.00579. The number of carbonyl (C=O) groups is 4. The molecule has 0 aliphatic carbocycles. The summed E-state index contributed by atoms with van der Waals surface area (Å²) in [6.07, 6.45) is 1.09. The Morgan fingerprint density at radius 2 is 1.73 bits per heavy atom. The van der Waals surface area contributed by atoms with Gasteiger partial charge in [0.2, 0.25) is 17.7 Å². The number of aryl methyl sites for hydroxylation is 1. The van der Waals surface area contributed by atoms with E-state index in [1.807, 2.05) is 64.4 Å². The van der Waals surface area contributed by atoms with Gasteiger partial charge in [0.25, 0.3) is 0 Å². The Morgan fingerprint density at radius 3 is 2.32 bits per heavy atom. The number of carboxylic acids is 1. The molecule has 0 bridgehead atoms. The van der Waals surface area contributed by atoms with Crippen LogP contribution in [0.4, 0.5) is 0 Å². The number of aliphatic hydroxyl groups is 1. The molecule has 4 atom stereocenters. The van der Waals surface area contributed by atoms with Crippen LogP contribution in [0, 0.1) is 12.3 Å². The summed E-state index contributed by atoms with van der Waals surface area (Å²) in [6.45, 7) is 9.35. The van der Waals surface area contributed by atoms with Gasteiger partial charge in [-0.25, -0.2) is 4.98 Å². The van der Waals surface area contributed by atoms with Gasteiger partial charge in [-0.2, -0.15) is 0 Å². The van der Waals surface area contributed by atoms with E-state index >= 15 is 0 Å². The molecule has 0 saturated carbocycles. The number of nitrogens with one attached hydrogen (secondary N) is 2. The average Bonchev–Trinajstić information content (AvgIpc) is 3.51. The third kappa shape index (κ3) is 8.84. The SMILES string of the molecule is Cc1ncsc1-c1ccc([C@H](C)NC(=O)[C@@H]2C[C@@H](O)CN2C(=O)C(NC(=O)CCCCCC(=O)O)C(C)(C)C)cc1. The topological polar surface area (TPSA) is 149 Å². The van der Waals surface area contributed by atoms with Crippen LogP contribution in [0.2, 0.25) is 0 Å². The number of aliphatic hydroxyl groups excluding tert-OH is 1. The van der Waals surface area contributed by atoms with Gasteiger partial charge < -0.3 is 25.7 Å². The average molecular weight is 587 g/mol. The maximum absolute atomic E-state index is 13.7. The van der Waals surface area contributed by atoms with Crippen LogP contribution in [0.5, 0.6) is 0 Å². The first-order valence-electron chi connectivity index (χ1n) is 14.1. The second-order valence-electron chi connectivity index (χ2n) is 11.8. The lowest BCUT2D eigenvalue weighted by Crippen LogP contribution is -2.57. The number of hydrogen-bond donors (Lipinski definition) is 4. The van der Waals surface area contributed by atoms with Crippen LogP contribution in [0.1, 0.15) is 83.5 Å². The van der Waals surface area contributed by atoms with Crippen molar-refractivity contribution in [3.63, 3.8) is 0 Å². The van der Waals surface area contributed by atoms with Crippen molar-refractivity contribution in [2.45, 2.75) is 97.4 Å². The van der Waals surface area contributed by atoms with Gasteiger partial charge in [0, 0.05) is 25.8 Å². The van der Waals surface area contributed by atoms with E-state index in [9.17, 15) is 24.3 Å². The molecule has 1 aromatic heterocycles. The number of aromatic nitrogens is 1. The van der Waals surface area contributed by atoms with Crippen LogP contribution in [-0.4, -0.2) is 68.5 Å². The summed E-state index contributed by atoms with van der Waals surface area (Å²) in [5.41, 5.74) is 4.10. The molecule has 1 aliphatic heterocycles. The highest BCUT2D eigenvalue weighted by Crippen LogP contribution is 2.29. The van der Waals surface area contributed by atoms with Crippen LogP contribution in [0.15, 0.2) is 29.8 Å². The number of nitrogens with zero attached hydrogens (tertiary/aromatic N) is 2. The van der Waals surface area contributed by atoms with Crippen LogP contribution in [0.25, 0.3) is 10.4 Å². The highest BCUT2D eigenvalue weighted by atomic mass is 32.1. The van der Waals surface area contributed by atoms with Crippen molar-refractivity contribution in [3.05, 3.63) is 41.0 Å². The smallest absolute Gasteiger partial charge is 0.303 e. The van der Waals surface area contributed by atoms with E-state index in [0.29, 0.717) is 19.3 Å². The minimum Gasteiger partial charge on any atom is -0.481 e. The molecule has 10 nitrogen and oxygen atoms in total. The van der Waals surface area contributed by atoms with E-state index in [4.69, 9.17) is 5.11 Å². The predicted molar refractivity (Wildman–Crippen MR) is 157 cm³/mol. The number of carbonyl (C=O) groups excluding carboxylic acids is 3. The van der Waals surface area contributed by atoms with Crippen molar-refractivity contribution in [1.82, 2.24) is 20.5 Å². The van der Waals surface area contributed by atoms with Crippen molar-refractivity contribution in [3.8, 4) is 10.4 Å². The molecule has 3 rings (SSSR count). The number of unbranched alkanes of at least 4 members (excludes halogenated alkanes) is 2. The molecule has 224 valence electrons. The molecular weight excluding hydrogens is 544 g/mol. The highest BCUT2D eigenvalue weighted by molar-refractivity contribution is 7.13. The number of benzene rings is 1. The Bertz CT molecular complexity index is 1220. The Labute approximate surface area is 245 Å². The van der Waals surface area contributed by atoms with Gasteiger partial charge in [-0.05, 0) is 43.2 Å². The summed E-state index contributed by atoms with van der Waals surface area (Å²) in [5, 5.41) is 25.0. The summed E-state index contributed by atoms with van der Waals surface area (Å²) >= 11 is 1.57. The zero-order valence-corrected chi connectivity index (χ0v) is 25.3. The highest BCUT2D eigenvalue weighted by Gasteiger charge is 2.44. The van der Waals surface area contributed by atoms with Gasteiger partial charge in [-0.15, -0.1) is 11.3 Å². The maximum Gasteiger partial charge on any atom is 0.303 e. The van der Waals surface area contributed by atoms with E-state index < -0.39 is 35.5 Å². The van der Waals surface area contributed by atoms with Gasteiger partial charge in [-0.3, -0.25) is 19.2 Å². The molecule has 1 fully saturated rings. The first-order chi connectivity index (χ1) is 19.3. The predicted octanol–water partition coefficient (Wildman–Crippen LogP) is 3.82. The van der Waals surface area contributed by atoms with Crippen LogP contribution in [-0.2, 0) is 19.2 Å². The van der Waals surface area contributed by atoms with Gasteiger partial charge in [0.1, 0.15) is 12.1 Å². The Hall–Kier alpha value is -3.31. The van der Waals surface area contributed by atoms with E-state index in [2.05, 4.69) is 15.6 Å².